The number of nitriles is 1. The second-order valence-electron chi connectivity index (χ2n) is 7.78. The van der Waals surface area contributed by atoms with Crippen LogP contribution < -0.4 is 5.73 Å². The van der Waals surface area contributed by atoms with Gasteiger partial charge in [-0.25, -0.2) is 28.5 Å². The SMILES string of the molecule is CCOC(=O)c1cc(-c2ncnc(N)c2C#N)cc2c1nc(C)n2-c1ccnc2c(F)ccc(F)c12. The van der Waals surface area contributed by atoms with Crippen molar-refractivity contribution < 1.29 is 18.3 Å². The number of halogens is 2. The maximum atomic E-state index is 15.0. The van der Waals surface area contributed by atoms with E-state index < -0.39 is 17.6 Å². The minimum atomic E-state index is -0.682. The second kappa shape index (κ2) is 8.66. The molecule has 9 nitrogen and oxygen atoms in total. The van der Waals surface area contributed by atoms with E-state index in [9.17, 15) is 18.8 Å². The van der Waals surface area contributed by atoms with Crippen molar-refractivity contribution >= 4 is 33.7 Å². The van der Waals surface area contributed by atoms with Gasteiger partial charge in [0.25, 0.3) is 0 Å². The van der Waals surface area contributed by atoms with Crippen LogP contribution in [0, 0.1) is 29.9 Å². The van der Waals surface area contributed by atoms with Gasteiger partial charge in [-0.2, -0.15) is 5.26 Å². The van der Waals surface area contributed by atoms with E-state index in [4.69, 9.17) is 10.5 Å². The normalized spacial score (nSPS) is 11.1. The quantitative estimate of drug-likeness (QED) is 0.374. The lowest BCUT2D eigenvalue weighted by atomic mass is 10.0. The number of imidazole rings is 1. The number of ether oxygens (including phenoxy) is 1. The zero-order chi connectivity index (χ0) is 25.6. The number of aromatic nitrogens is 5. The zero-order valence-electron chi connectivity index (χ0n) is 19.1. The average Bonchev–Trinajstić information content (AvgIpc) is 3.20. The highest BCUT2D eigenvalue weighted by Crippen LogP contribution is 2.34. The number of carbonyl (C=O) groups is 1. The van der Waals surface area contributed by atoms with Gasteiger partial charge >= 0.3 is 5.97 Å². The summed E-state index contributed by atoms with van der Waals surface area (Å²) in [5.41, 5.74) is 7.35. The van der Waals surface area contributed by atoms with E-state index in [1.165, 1.54) is 24.7 Å². The number of fused-ring (bicyclic) bond motifs is 2. The van der Waals surface area contributed by atoms with E-state index in [1.807, 2.05) is 6.07 Å². The number of esters is 1. The number of hydrogen-bond donors (Lipinski definition) is 1. The van der Waals surface area contributed by atoms with Crippen LogP contribution in [0.5, 0.6) is 0 Å². The fraction of sp³-hybridized carbons (Fsp3) is 0.120. The van der Waals surface area contributed by atoms with Crippen molar-refractivity contribution in [1.29, 1.82) is 5.26 Å². The molecule has 36 heavy (non-hydrogen) atoms. The number of nitrogens with zero attached hydrogens (tertiary/aromatic N) is 6. The van der Waals surface area contributed by atoms with Gasteiger partial charge in [0, 0.05) is 11.8 Å². The van der Waals surface area contributed by atoms with Crippen molar-refractivity contribution in [2.75, 3.05) is 12.3 Å². The number of nitrogens with two attached hydrogens (primary N) is 1. The third-order valence-corrected chi connectivity index (χ3v) is 5.70. The molecule has 0 bridgehead atoms. The molecule has 5 rings (SSSR count). The molecular weight excluding hydrogens is 468 g/mol. The Morgan fingerprint density at radius 3 is 2.67 bits per heavy atom. The number of rotatable bonds is 4. The first kappa shape index (κ1) is 22.8. The van der Waals surface area contributed by atoms with Gasteiger partial charge in [-0.3, -0.25) is 9.55 Å². The Morgan fingerprint density at radius 1 is 1.14 bits per heavy atom. The number of aryl methyl sites for hydroxylation is 1. The van der Waals surface area contributed by atoms with Crippen molar-refractivity contribution in [3.05, 3.63) is 71.4 Å². The lowest BCUT2D eigenvalue weighted by Crippen LogP contribution is -2.07. The fourth-order valence-electron chi connectivity index (χ4n) is 4.19. The van der Waals surface area contributed by atoms with Crippen molar-refractivity contribution in [3.8, 4) is 23.0 Å². The van der Waals surface area contributed by atoms with Gasteiger partial charge in [0.1, 0.15) is 52.3 Å². The smallest absolute Gasteiger partial charge is 0.340 e. The van der Waals surface area contributed by atoms with Crippen molar-refractivity contribution in [2.45, 2.75) is 13.8 Å². The maximum Gasteiger partial charge on any atom is 0.340 e. The van der Waals surface area contributed by atoms with Gasteiger partial charge in [0.05, 0.1) is 34.5 Å². The van der Waals surface area contributed by atoms with Crippen LogP contribution in [0.4, 0.5) is 14.6 Å². The van der Waals surface area contributed by atoms with Gasteiger partial charge in [-0.15, -0.1) is 0 Å². The molecule has 11 heteroatoms. The fourth-order valence-corrected chi connectivity index (χ4v) is 4.19. The second-order valence-corrected chi connectivity index (χ2v) is 7.78. The van der Waals surface area contributed by atoms with E-state index in [-0.39, 0.29) is 51.4 Å². The Hall–Kier alpha value is -4.98. The van der Waals surface area contributed by atoms with Crippen molar-refractivity contribution in [1.82, 2.24) is 24.5 Å². The summed E-state index contributed by atoms with van der Waals surface area (Å²) in [5, 5.41) is 9.60. The van der Waals surface area contributed by atoms with Crippen LogP contribution in [0.1, 0.15) is 28.7 Å². The van der Waals surface area contributed by atoms with Gasteiger partial charge < -0.3 is 10.5 Å². The van der Waals surface area contributed by atoms with Gasteiger partial charge in [0.2, 0.25) is 0 Å². The molecule has 0 atom stereocenters. The zero-order valence-corrected chi connectivity index (χ0v) is 19.1. The number of nitrogen functional groups attached to an aromatic ring is 1. The standard InChI is InChI=1S/C25H17F2N7O2/c1-3-36-25(35)14-8-13(21-15(10-28)24(29)32-11-31-21)9-19-22(14)33-12(2)34(19)18-6-7-30-23-17(27)5-4-16(26)20(18)23/h4-9,11H,3H2,1-2H3,(H2,29,31,32). The highest BCUT2D eigenvalue weighted by molar-refractivity contribution is 6.05. The van der Waals surface area contributed by atoms with Gasteiger partial charge in [-0.05, 0) is 44.2 Å². The third-order valence-electron chi connectivity index (χ3n) is 5.70. The first-order valence-electron chi connectivity index (χ1n) is 10.8. The summed E-state index contributed by atoms with van der Waals surface area (Å²) in [6, 6.07) is 8.69. The highest BCUT2D eigenvalue weighted by atomic mass is 19.1. The molecule has 3 heterocycles. The number of anilines is 1. The van der Waals surface area contributed by atoms with Gasteiger partial charge in [-0.1, -0.05) is 0 Å². The van der Waals surface area contributed by atoms with Crippen LogP contribution in [0.15, 0.2) is 42.9 Å². The first-order valence-corrected chi connectivity index (χ1v) is 10.8. The Balaban J connectivity index is 1.91. The van der Waals surface area contributed by atoms with E-state index in [0.29, 0.717) is 16.9 Å². The Labute approximate surface area is 202 Å². The molecule has 0 fully saturated rings. The van der Waals surface area contributed by atoms with Crippen LogP contribution in [0.2, 0.25) is 0 Å². The molecule has 0 saturated heterocycles. The first-order chi connectivity index (χ1) is 17.3. The average molecular weight is 485 g/mol. The molecular formula is C25H17F2N7O2. The van der Waals surface area contributed by atoms with Crippen LogP contribution in [0.25, 0.3) is 38.9 Å². The maximum absolute atomic E-state index is 15.0. The molecule has 0 spiro atoms. The molecule has 0 radical (unpaired) electrons. The summed E-state index contributed by atoms with van der Waals surface area (Å²) < 4.78 is 36.3. The highest BCUT2D eigenvalue weighted by Gasteiger charge is 2.24. The summed E-state index contributed by atoms with van der Waals surface area (Å²) >= 11 is 0. The number of hydrogen-bond acceptors (Lipinski definition) is 8. The molecule has 0 aliphatic rings. The van der Waals surface area contributed by atoms with E-state index in [2.05, 4.69) is 19.9 Å². The summed E-state index contributed by atoms with van der Waals surface area (Å²) in [6.45, 7) is 3.46. The van der Waals surface area contributed by atoms with Crippen LogP contribution in [0.3, 0.4) is 0 Å². The minimum absolute atomic E-state index is 0.0249. The summed E-state index contributed by atoms with van der Waals surface area (Å²) in [7, 11) is 0. The Kier molecular flexibility index (Phi) is 5.49. The van der Waals surface area contributed by atoms with Gasteiger partial charge in [0.15, 0.2) is 0 Å². The molecule has 3 aromatic heterocycles. The third kappa shape index (κ3) is 3.47. The molecule has 2 aromatic carbocycles. The lowest BCUT2D eigenvalue weighted by Gasteiger charge is -2.13. The molecule has 178 valence electrons. The molecule has 0 aliphatic heterocycles. The van der Waals surface area contributed by atoms with Crippen molar-refractivity contribution in [2.24, 2.45) is 0 Å². The molecule has 0 saturated carbocycles. The monoisotopic (exact) mass is 485 g/mol. The Morgan fingerprint density at radius 2 is 1.92 bits per heavy atom. The van der Waals surface area contributed by atoms with E-state index >= 15 is 0 Å². The van der Waals surface area contributed by atoms with Crippen LogP contribution >= 0.6 is 0 Å². The lowest BCUT2D eigenvalue weighted by molar-refractivity contribution is 0.0528. The molecule has 0 amide bonds. The molecule has 0 unspecified atom stereocenters. The molecule has 2 N–H and O–H groups in total. The van der Waals surface area contributed by atoms with Crippen LogP contribution in [-0.4, -0.2) is 37.1 Å². The Bertz CT molecular complexity index is 1740. The predicted molar refractivity (Wildman–Crippen MR) is 127 cm³/mol. The van der Waals surface area contributed by atoms with Crippen molar-refractivity contribution in [3.63, 3.8) is 0 Å². The number of pyridine rings is 1. The molecule has 0 aliphatic carbocycles. The van der Waals surface area contributed by atoms with E-state index in [0.717, 1.165) is 12.1 Å². The summed E-state index contributed by atoms with van der Waals surface area (Å²) in [6.07, 6.45) is 2.57. The van der Waals surface area contributed by atoms with E-state index in [1.54, 1.807) is 24.5 Å². The molecule has 5 aromatic rings. The minimum Gasteiger partial charge on any atom is -0.462 e. The predicted octanol–water partition coefficient (Wildman–Crippen LogP) is 4.25. The van der Waals surface area contributed by atoms with Crippen LogP contribution in [-0.2, 0) is 4.74 Å². The number of carbonyl (C=O) groups excluding carboxylic acids is 1. The number of benzene rings is 2. The summed E-state index contributed by atoms with van der Waals surface area (Å²) in [5.74, 6) is -1.63. The topological polar surface area (TPSA) is 133 Å². The summed E-state index contributed by atoms with van der Waals surface area (Å²) in [4.78, 5) is 29.5. The largest absolute Gasteiger partial charge is 0.462 e.